The second-order valence-electron chi connectivity index (χ2n) is 2.47. The van der Waals surface area contributed by atoms with Crippen LogP contribution in [0.15, 0.2) is 11.6 Å². The van der Waals surface area contributed by atoms with Crippen molar-refractivity contribution in [2.75, 3.05) is 0 Å². The van der Waals surface area contributed by atoms with Gasteiger partial charge in [0.15, 0.2) is 5.66 Å². The molecule has 0 saturated carbocycles. The number of primary amides is 1. The molecule has 0 bridgehead atoms. The molecule has 4 nitrogen and oxygen atoms in total. The van der Waals surface area contributed by atoms with Gasteiger partial charge in [0.2, 0.25) is 5.91 Å². The Kier molecular flexibility index (Phi) is 4.71. The Hall–Kier alpha value is -0.730. The van der Waals surface area contributed by atoms with E-state index in [0.717, 1.165) is 0 Å². The Morgan fingerprint density at radius 3 is 2.50 bits per heavy atom. The smallest absolute Gasteiger partial charge is 0.316 e. The predicted molar refractivity (Wildman–Crippen MR) is 44.6 cm³/mol. The maximum absolute atomic E-state index is 10.5. The zero-order valence-corrected chi connectivity index (χ0v) is 8.01. The van der Waals surface area contributed by atoms with E-state index in [1.54, 1.807) is 6.92 Å². The summed E-state index contributed by atoms with van der Waals surface area (Å²) in [4.78, 5) is 21.1. The highest BCUT2D eigenvalue weighted by Crippen LogP contribution is 2.22. The van der Waals surface area contributed by atoms with Gasteiger partial charge in [0.1, 0.15) is 0 Å². The lowest BCUT2D eigenvalue weighted by atomic mass is 10.2. The van der Waals surface area contributed by atoms with Crippen molar-refractivity contribution in [2.24, 2.45) is 5.73 Å². The Morgan fingerprint density at radius 2 is 2.25 bits per heavy atom. The Morgan fingerprint density at radius 1 is 1.75 bits per heavy atom. The van der Waals surface area contributed by atoms with Crippen LogP contribution in [0, 0.1) is 0 Å². The maximum atomic E-state index is 10.5. The van der Waals surface area contributed by atoms with E-state index >= 15 is 0 Å². The monoisotopic (exact) mass is 189 g/mol. The van der Waals surface area contributed by atoms with Gasteiger partial charge in [0, 0.05) is 5.57 Å². The fraction of sp³-hybridized carbons (Fsp3) is 0.571. The summed E-state index contributed by atoms with van der Waals surface area (Å²) in [7, 11) is -2.51. The van der Waals surface area contributed by atoms with Gasteiger partial charge in [-0.1, -0.05) is 11.5 Å². The van der Waals surface area contributed by atoms with E-state index in [4.69, 9.17) is 5.73 Å². The molecule has 0 aliphatic carbocycles. The number of allylic oxidation sites excluding steroid dienone is 1. The fourth-order valence-corrected chi connectivity index (χ4v) is 1.34. The van der Waals surface area contributed by atoms with Crippen molar-refractivity contribution in [1.29, 1.82) is 0 Å². The molecular weight excluding hydrogens is 177 g/mol. The molecule has 68 valence electrons. The molecule has 0 heterocycles. The lowest BCUT2D eigenvalue weighted by Crippen LogP contribution is -2.14. The zero-order chi connectivity index (χ0) is 9.72. The van der Waals surface area contributed by atoms with Gasteiger partial charge in [-0.15, -0.1) is 0 Å². The summed E-state index contributed by atoms with van der Waals surface area (Å²) in [5.74, 6) is -0.578. The lowest BCUT2D eigenvalue weighted by molar-refractivity contribution is -0.165. The van der Waals surface area contributed by atoms with Crippen LogP contribution in [0.1, 0.15) is 20.3 Å². The van der Waals surface area contributed by atoms with Gasteiger partial charge in [0.05, 0.1) is 0 Å². The molecule has 0 aromatic rings. The first-order valence-electron chi connectivity index (χ1n) is 3.60. The van der Waals surface area contributed by atoms with Gasteiger partial charge < -0.3 is 10.6 Å². The predicted octanol–water partition coefficient (Wildman–Crippen LogP) is 0.299. The van der Waals surface area contributed by atoms with Crippen molar-refractivity contribution in [3.63, 3.8) is 0 Å². The van der Waals surface area contributed by atoms with Crippen LogP contribution in [0.4, 0.5) is 0 Å². The Balaban J connectivity index is 4.46. The van der Waals surface area contributed by atoms with Gasteiger partial charge >= 0.3 is 8.03 Å². The first-order chi connectivity index (χ1) is 5.49. The molecule has 0 aromatic heterocycles. The van der Waals surface area contributed by atoms with Crippen LogP contribution >= 0.6 is 8.03 Å². The zero-order valence-electron chi connectivity index (χ0n) is 7.11. The summed E-state index contributed by atoms with van der Waals surface area (Å²) in [6.07, 6.45) is 1.84. The minimum absolute atomic E-state index is 0.293. The second kappa shape index (κ2) is 5.01. The summed E-state index contributed by atoms with van der Waals surface area (Å²) < 4.78 is 10.5. The topological polar surface area (TPSA) is 83.2 Å². The molecular formula is C7H12NO3P. The first-order valence-corrected chi connectivity index (χ1v) is 4.85. The molecule has 5 heteroatoms. The van der Waals surface area contributed by atoms with Crippen LogP contribution in [0.5, 0.6) is 0 Å². The normalized spacial score (nSPS) is 15.6. The highest BCUT2D eigenvalue weighted by molar-refractivity contribution is 7.37. The largest absolute Gasteiger partial charge is 0.595 e. The highest BCUT2D eigenvalue weighted by atomic mass is 31.1. The molecule has 1 amide bonds. The van der Waals surface area contributed by atoms with Crippen LogP contribution in [-0.4, -0.2) is 11.6 Å². The summed E-state index contributed by atoms with van der Waals surface area (Å²) >= 11 is 0. The van der Waals surface area contributed by atoms with Gasteiger partial charge in [0.25, 0.3) is 0 Å². The molecule has 2 unspecified atom stereocenters. The molecule has 2 N–H and O–H groups in total. The quantitative estimate of drug-likeness (QED) is 0.510. The fourth-order valence-electron chi connectivity index (χ4n) is 0.698. The number of hydrogen-bond donors (Lipinski definition) is 1. The van der Waals surface area contributed by atoms with Crippen LogP contribution in [0.2, 0.25) is 0 Å². The second-order valence-corrected chi connectivity index (χ2v) is 3.71. The molecule has 0 rings (SSSR count). The molecule has 12 heavy (non-hydrogen) atoms. The van der Waals surface area contributed by atoms with Crippen LogP contribution in [-0.2, 0) is 9.36 Å². The van der Waals surface area contributed by atoms with Crippen molar-refractivity contribution in [2.45, 2.75) is 25.9 Å². The highest BCUT2D eigenvalue weighted by Gasteiger charge is 2.16. The molecule has 0 fully saturated rings. The number of nitrogens with two attached hydrogens (primary N) is 1. The average Bonchev–Trinajstić information content (AvgIpc) is 1.98. The minimum atomic E-state index is -2.51. The number of amides is 1. The number of carbonyl (C=O) groups excluding carboxylic acids is 1. The molecule has 0 aromatic carbocycles. The Bertz CT molecular complexity index is 225. The molecule has 0 aliphatic heterocycles. The molecule has 0 saturated heterocycles. The summed E-state index contributed by atoms with van der Waals surface area (Å²) in [5.41, 5.74) is 4.65. The summed E-state index contributed by atoms with van der Waals surface area (Å²) in [6.45, 7) is 3.24. The van der Waals surface area contributed by atoms with E-state index < -0.39 is 19.6 Å². The summed E-state index contributed by atoms with van der Waals surface area (Å²) in [6, 6.07) is 0. The minimum Gasteiger partial charge on any atom is -0.595 e. The van der Waals surface area contributed by atoms with Gasteiger partial charge in [-0.3, -0.25) is 4.79 Å². The van der Waals surface area contributed by atoms with Crippen molar-refractivity contribution >= 4 is 13.9 Å². The van der Waals surface area contributed by atoms with E-state index in [0.29, 0.717) is 12.0 Å². The number of hydrogen-bond acceptors (Lipinski definition) is 3. The van der Waals surface area contributed by atoms with E-state index in [2.05, 4.69) is 0 Å². The standard InChI is InChI=1S/C7H12NO3P/c1-3-6(12(10)11)4-5(2)7(8)9/h4,6H,3H2,1-2H3,(H2,8,9)/b5-4+. The SMILES string of the molecule is CCC(/C=C(\C)C(N)=O)[P+](=O)[O-]. The maximum Gasteiger partial charge on any atom is 0.316 e. The number of rotatable bonds is 4. The molecule has 2 atom stereocenters. The summed E-state index contributed by atoms with van der Waals surface area (Å²) in [5, 5.41) is 0. The van der Waals surface area contributed by atoms with Crippen LogP contribution in [0.25, 0.3) is 0 Å². The third-order valence-electron chi connectivity index (χ3n) is 1.52. The van der Waals surface area contributed by atoms with Crippen LogP contribution in [0.3, 0.4) is 0 Å². The van der Waals surface area contributed by atoms with Gasteiger partial charge in [-0.25, -0.2) is 0 Å². The third-order valence-corrected chi connectivity index (χ3v) is 2.58. The molecule has 0 radical (unpaired) electrons. The van der Waals surface area contributed by atoms with Crippen molar-refractivity contribution in [3.05, 3.63) is 11.6 Å². The number of carbonyl (C=O) groups is 1. The van der Waals surface area contributed by atoms with E-state index in [1.807, 2.05) is 0 Å². The van der Waals surface area contributed by atoms with Gasteiger partial charge in [-0.05, 0) is 19.4 Å². The molecule has 0 aliphatic rings. The van der Waals surface area contributed by atoms with Gasteiger partial charge in [-0.2, -0.15) is 0 Å². The average molecular weight is 189 g/mol. The third kappa shape index (κ3) is 3.60. The van der Waals surface area contributed by atoms with E-state index in [1.165, 1.54) is 13.0 Å². The van der Waals surface area contributed by atoms with Crippen molar-refractivity contribution < 1.29 is 14.3 Å². The van der Waals surface area contributed by atoms with E-state index in [9.17, 15) is 14.3 Å². The van der Waals surface area contributed by atoms with Crippen LogP contribution < -0.4 is 10.6 Å². The Labute approximate surface area is 72.3 Å². The first kappa shape index (κ1) is 11.3. The molecule has 0 spiro atoms. The van der Waals surface area contributed by atoms with Crippen molar-refractivity contribution in [1.82, 2.24) is 0 Å². The lowest BCUT2D eigenvalue weighted by Gasteiger charge is -2.00. The van der Waals surface area contributed by atoms with Crippen molar-refractivity contribution in [3.8, 4) is 0 Å². The van der Waals surface area contributed by atoms with E-state index in [-0.39, 0.29) is 0 Å².